The lowest BCUT2D eigenvalue weighted by atomic mass is 10.1. The summed E-state index contributed by atoms with van der Waals surface area (Å²) in [7, 11) is 0. The molecule has 0 fully saturated rings. The fraction of sp³-hybridized carbons (Fsp3) is 0.0556. The highest BCUT2D eigenvalue weighted by Crippen LogP contribution is 2.31. The third-order valence-corrected chi connectivity index (χ3v) is 4.91. The number of aromatic amines is 2. The second kappa shape index (κ2) is 5.57. The number of imidazole rings is 1. The van der Waals surface area contributed by atoms with Gasteiger partial charge >= 0.3 is 0 Å². The van der Waals surface area contributed by atoms with E-state index in [2.05, 4.69) is 29.9 Å². The molecule has 26 heavy (non-hydrogen) atoms. The number of thiazole rings is 1. The minimum absolute atomic E-state index is 0.173. The number of pyridine rings is 1. The number of H-pyrrole nitrogens is 2. The average molecular weight is 360 g/mol. The van der Waals surface area contributed by atoms with E-state index in [1.807, 2.05) is 30.6 Å². The van der Waals surface area contributed by atoms with Gasteiger partial charge in [-0.15, -0.1) is 11.3 Å². The van der Waals surface area contributed by atoms with E-state index in [0.717, 1.165) is 21.5 Å². The Balaban J connectivity index is 1.86. The lowest BCUT2D eigenvalue weighted by Crippen LogP contribution is -2.07. The summed E-state index contributed by atoms with van der Waals surface area (Å²) in [5.74, 6) is 0.612. The Morgan fingerprint density at radius 3 is 2.85 bits per heavy atom. The predicted molar refractivity (Wildman–Crippen MR) is 101 cm³/mol. The van der Waals surface area contributed by atoms with Crippen LogP contribution in [-0.2, 0) is 0 Å². The van der Waals surface area contributed by atoms with E-state index in [-0.39, 0.29) is 5.43 Å². The number of nitrogens with one attached hydrogen (secondary N) is 2. The Hall–Kier alpha value is -3.39. The van der Waals surface area contributed by atoms with E-state index in [4.69, 9.17) is 0 Å². The van der Waals surface area contributed by atoms with Crippen molar-refractivity contribution in [3.63, 3.8) is 0 Å². The first-order chi connectivity index (χ1) is 12.7. The van der Waals surface area contributed by atoms with Gasteiger partial charge in [0.25, 0.3) is 0 Å². The summed E-state index contributed by atoms with van der Waals surface area (Å²) in [6, 6.07) is 7.34. The average Bonchev–Trinajstić information content (AvgIpc) is 3.29. The zero-order chi connectivity index (χ0) is 17.7. The maximum Gasteiger partial charge on any atom is 0.209 e. The largest absolute Gasteiger partial charge is 0.345 e. The number of rotatable bonds is 2. The van der Waals surface area contributed by atoms with E-state index in [9.17, 15) is 4.79 Å². The number of aryl methyl sites for hydroxylation is 1. The van der Waals surface area contributed by atoms with Gasteiger partial charge in [0.15, 0.2) is 17.0 Å². The molecule has 4 heterocycles. The van der Waals surface area contributed by atoms with Crippen molar-refractivity contribution in [3.8, 4) is 22.8 Å². The number of nitrogens with zero attached hydrogens (tertiary/aromatic N) is 4. The number of hydrogen-bond acceptors (Lipinski definition) is 6. The molecule has 126 valence electrons. The maximum atomic E-state index is 12.2. The van der Waals surface area contributed by atoms with Crippen molar-refractivity contribution < 1.29 is 0 Å². The van der Waals surface area contributed by atoms with Crippen molar-refractivity contribution in [3.05, 3.63) is 58.1 Å². The maximum absolute atomic E-state index is 12.2. The molecule has 5 rings (SSSR count). The van der Waals surface area contributed by atoms with Crippen molar-refractivity contribution in [2.24, 2.45) is 0 Å². The molecule has 1 aromatic carbocycles. The van der Waals surface area contributed by atoms with Crippen LogP contribution in [0.15, 0.2) is 47.0 Å². The van der Waals surface area contributed by atoms with Gasteiger partial charge in [-0.3, -0.25) is 4.79 Å². The summed E-state index contributed by atoms with van der Waals surface area (Å²) >= 11 is 1.56. The van der Waals surface area contributed by atoms with Gasteiger partial charge in [-0.05, 0) is 19.1 Å². The van der Waals surface area contributed by atoms with Crippen LogP contribution in [0.4, 0.5) is 0 Å². The third-order valence-electron chi connectivity index (χ3n) is 4.12. The lowest BCUT2D eigenvalue weighted by Gasteiger charge is -2.08. The van der Waals surface area contributed by atoms with E-state index in [1.165, 1.54) is 6.07 Å². The molecule has 0 saturated carbocycles. The van der Waals surface area contributed by atoms with Gasteiger partial charge < -0.3 is 9.97 Å². The highest BCUT2D eigenvalue weighted by Gasteiger charge is 2.17. The summed E-state index contributed by atoms with van der Waals surface area (Å²) in [6.07, 6.45) is 3.31. The number of fused-ring (bicyclic) bond motifs is 2. The van der Waals surface area contributed by atoms with Crippen LogP contribution in [0.2, 0.25) is 0 Å². The molecule has 0 aliphatic carbocycles. The van der Waals surface area contributed by atoms with Gasteiger partial charge in [-0.25, -0.2) is 19.9 Å². The van der Waals surface area contributed by atoms with Crippen LogP contribution in [-0.4, -0.2) is 29.9 Å². The van der Waals surface area contributed by atoms with Crippen molar-refractivity contribution in [1.82, 2.24) is 29.9 Å². The zero-order valence-corrected chi connectivity index (χ0v) is 14.5. The summed E-state index contributed by atoms with van der Waals surface area (Å²) < 4.78 is 1.05. The van der Waals surface area contributed by atoms with Gasteiger partial charge in [0, 0.05) is 29.7 Å². The summed E-state index contributed by atoms with van der Waals surface area (Å²) in [5.41, 5.74) is 6.30. The molecule has 0 aliphatic rings. The smallest absolute Gasteiger partial charge is 0.209 e. The Morgan fingerprint density at radius 2 is 2.00 bits per heavy atom. The van der Waals surface area contributed by atoms with Crippen LogP contribution < -0.4 is 5.43 Å². The van der Waals surface area contributed by atoms with Crippen LogP contribution in [0.25, 0.3) is 44.2 Å². The molecule has 0 radical (unpaired) electrons. The zero-order valence-electron chi connectivity index (χ0n) is 13.6. The molecule has 7 nitrogen and oxygen atoms in total. The summed E-state index contributed by atoms with van der Waals surface area (Å²) in [5, 5.41) is 0. The van der Waals surface area contributed by atoms with Crippen molar-refractivity contribution in [1.29, 1.82) is 0 Å². The van der Waals surface area contributed by atoms with Gasteiger partial charge in [0.05, 0.1) is 15.7 Å². The molecule has 0 atom stereocenters. The van der Waals surface area contributed by atoms with Gasteiger partial charge in [-0.2, -0.15) is 0 Å². The topological polar surface area (TPSA) is 100 Å². The second-order valence-corrected chi connectivity index (χ2v) is 6.80. The highest BCUT2D eigenvalue weighted by molar-refractivity contribution is 7.16. The standard InChI is InChI=1S/C18H12N6OS/c1-9-7-20-18(22-9)16-14(10-2-3-11-13(6-10)26-8-21-11)23-15-12(25)4-5-19-17(15)24-16/h2-8H,1H3,(H,20,22)(H,19,24,25). The number of hydrogen-bond donors (Lipinski definition) is 2. The Kier molecular flexibility index (Phi) is 3.19. The quantitative estimate of drug-likeness (QED) is 0.503. The van der Waals surface area contributed by atoms with Crippen molar-refractivity contribution in [2.45, 2.75) is 6.92 Å². The first-order valence-corrected chi connectivity index (χ1v) is 8.82. The predicted octanol–water partition coefficient (Wildman–Crippen LogP) is 3.29. The fourth-order valence-electron chi connectivity index (χ4n) is 2.88. The summed E-state index contributed by atoms with van der Waals surface area (Å²) in [6.45, 7) is 1.93. The molecule has 0 spiro atoms. The van der Waals surface area contributed by atoms with Crippen molar-refractivity contribution >= 4 is 32.7 Å². The number of aromatic nitrogens is 6. The molecule has 2 N–H and O–H groups in total. The minimum atomic E-state index is -0.173. The van der Waals surface area contributed by atoms with Gasteiger partial charge in [-0.1, -0.05) is 6.07 Å². The lowest BCUT2D eigenvalue weighted by molar-refractivity contribution is 1.17. The van der Waals surface area contributed by atoms with E-state index >= 15 is 0 Å². The second-order valence-electron chi connectivity index (χ2n) is 5.91. The molecule has 0 bridgehead atoms. The third kappa shape index (κ3) is 2.31. The molecule has 0 amide bonds. The van der Waals surface area contributed by atoms with Crippen LogP contribution in [0.3, 0.4) is 0 Å². The molecule has 0 aliphatic heterocycles. The van der Waals surface area contributed by atoms with E-state index < -0.39 is 0 Å². The first-order valence-electron chi connectivity index (χ1n) is 7.94. The molecule has 4 aromatic heterocycles. The van der Waals surface area contributed by atoms with Crippen LogP contribution >= 0.6 is 11.3 Å². The highest BCUT2D eigenvalue weighted by atomic mass is 32.1. The molecular weight excluding hydrogens is 348 g/mol. The Bertz CT molecular complexity index is 1330. The van der Waals surface area contributed by atoms with Gasteiger partial charge in [0.1, 0.15) is 11.4 Å². The molecule has 8 heteroatoms. The monoisotopic (exact) mass is 360 g/mol. The van der Waals surface area contributed by atoms with E-state index in [0.29, 0.717) is 28.4 Å². The molecule has 5 aromatic rings. The normalized spacial score (nSPS) is 11.4. The van der Waals surface area contributed by atoms with E-state index in [1.54, 1.807) is 23.7 Å². The first kappa shape index (κ1) is 14.9. The molecular formula is C18H12N6OS. The van der Waals surface area contributed by atoms with Crippen molar-refractivity contribution in [2.75, 3.05) is 0 Å². The van der Waals surface area contributed by atoms with Crippen LogP contribution in [0.5, 0.6) is 0 Å². The van der Waals surface area contributed by atoms with Crippen LogP contribution in [0.1, 0.15) is 5.69 Å². The van der Waals surface area contributed by atoms with Crippen LogP contribution in [0, 0.1) is 6.92 Å². The Morgan fingerprint density at radius 1 is 1.08 bits per heavy atom. The minimum Gasteiger partial charge on any atom is -0.345 e. The fourth-order valence-corrected chi connectivity index (χ4v) is 3.60. The molecule has 0 saturated heterocycles. The molecule has 0 unspecified atom stereocenters. The Labute approximate surface area is 150 Å². The number of benzene rings is 1. The SMILES string of the molecule is Cc1cnc(-c2nc3[nH]ccc(=O)c3nc2-c2ccc3ncsc3c2)[nH]1. The van der Waals surface area contributed by atoms with Gasteiger partial charge in [0.2, 0.25) is 5.43 Å². The summed E-state index contributed by atoms with van der Waals surface area (Å²) in [4.78, 5) is 36.4.